The molecular weight excluding hydrogens is 281 g/mol. The number of carbonyl (C=O) groups is 1. The van der Waals surface area contributed by atoms with Crippen molar-refractivity contribution in [2.45, 2.75) is 0 Å². The first-order valence-corrected chi connectivity index (χ1v) is 5.94. The molecule has 0 aliphatic heterocycles. The van der Waals surface area contributed by atoms with Gasteiger partial charge in [-0.1, -0.05) is 23.2 Å². The molecule has 0 atom stereocenters. The van der Waals surface area contributed by atoms with E-state index in [1.165, 1.54) is 6.07 Å². The van der Waals surface area contributed by atoms with Gasteiger partial charge in [0.05, 0.1) is 25.4 Å². The number of nitrogens with zero attached hydrogens (tertiary/aromatic N) is 2. The third-order valence-corrected chi connectivity index (χ3v) is 2.39. The average Bonchev–Trinajstić information content (AvgIpc) is 2.36. The van der Waals surface area contributed by atoms with Gasteiger partial charge >= 0.3 is 0 Å². The number of rotatable bonds is 7. The second kappa shape index (κ2) is 8.20. The van der Waals surface area contributed by atoms with Gasteiger partial charge in [0.1, 0.15) is 0 Å². The van der Waals surface area contributed by atoms with Crippen LogP contribution in [0.5, 0.6) is 0 Å². The van der Waals surface area contributed by atoms with Crippen molar-refractivity contribution >= 4 is 29.1 Å². The Morgan fingerprint density at radius 2 is 2.11 bits per heavy atom. The van der Waals surface area contributed by atoms with Gasteiger partial charge in [0, 0.05) is 13.7 Å². The van der Waals surface area contributed by atoms with Crippen molar-refractivity contribution in [3.05, 3.63) is 21.9 Å². The zero-order valence-corrected chi connectivity index (χ0v) is 11.3. The van der Waals surface area contributed by atoms with Gasteiger partial charge in [-0.3, -0.25) is 4.79 Å². The van der Waals surface area contributed by atoms with Crippen LogP contribution in [0.3, 0.4) is 0 Å². The predicted molar refractivity (Wildman–Crippen MR) is 67.1 cm³/mol. The lowest BCUT2D eigenvalue weighted by Gasteiger charge is -2.06. The van der Waals surface area contributed by atoms with E-state index in [1.54, 1.807) is 7.11 Å². The standard InChI is InChI=1S/C10H13Cl2N3O3/c1-17-4-5-18-3-2-13-10(16)7-6-8(11)14-15-9(7)12/h6H,2-5H2,1H3,(H,13,16). The Balaban J connectivity index is 2.34. The van der Waals surface area contributed by atoms with Crippen LogP contribution < -0.4 is 5.32 Å². The van der Waals surface area contributed by atoms with Gasteiger partial charge in [0.15, 0.2) is 10.3 Å². The Labute approximate surface area is 115 Å². The molecule has 0 radical (unpaired) electrons. The Morgan fingerprint density at radius 1 is 1.33 bits per heavy atom. The minimum atomic E-state index is -0.368. The largest absolute Gasteiger partial charge is 0.382 e. The molecule has 0 aliphatic rings. The van der Waals surface area contributed by atoms with Crippen molar-refractivity contribution < 1.29 is 14.3 Å². The van der Waals surface area contributed by atoms with Gasteiger partial charge in [-0.15, -0.1) is 10.2 Å². The Hall–Kier alpha value is -0.950. The smallest absolute Gasteiger partial charge is 0.254 e. The number of hydrogen-bond acceptors (Lipinski definition) is 5. The van der Waals surface area contributed by atoms with Crippen molar-refractivity contribution in [2.24, 2.45) is 0 Å². The minimum absolute atomic E-state index is 0.0113. The van der Waals surface area contributed by atoms with Crippen molar-refractivity contribution in [1.82, 2.24) is 15.5 Å². The quantitative estimate of drug-likeness (QED) is 0.764. The summed E-state index contributed by atoms with van der Waals surface area (Å²) >= 11 is 11.4. The van der Waals surface area contributed by atoms with Crippen LogP contribution in [0, 0.1) is 0 Å². The van der Waals surface area contributed by atoms with E-state index in [0.717, 1.165) is 0 Å². The molecule has 0 spiro atoms. The molecule has 0 bridgehead atoms. The highest BCUT2D eigenvalue weighted by Crippen LogP contribution is 2.14. The SMILES string of the molecule is COCCOCCNC(=O)c1cc(Cl)nnc1Cl. The van der Waals surface area contributed by atoms with Crippen LogP contribution in [-0.4, -0.2) is 49.6 Å². The summed E-state index contributed by atoms with van der Waals surface area (Å²) in [6.07, 6.45) is 0. The Morgan fingerprint density at radius 3 is 2.83 bits per heavy atom. The third-order valence-electron chi connectivity index (χ3n) is 1.93. The molecule has 8 heteroatoms. The summed E-state index contributed by atoms with van der Waals surface area (Å²) in [5, 5.41) is 9.81. The average molecular weight is 294 g/mol. The van der Waals surface area contributed by atoms with Crippen LogP contribution in [0.15, 0.2) is 6.07 Å². The number of nitrogens with one attached hydrogen (secondary N) is 1. The highest BCUT2D eigenvalue weighted by molar-refractivity contribution is 6.34. The Bertz CT molecular complexity index is 404. The zero-order chi connectivity index (χ0) is 13.4. The van der Waals surface area contributed by atoms with E-state index in [0.29, 0.717) is 26.4 Å². The molecule has 1 amide bonds. The van der Waals surface area contributed by atoms with E-state index in [2.05, 4.69) is 15.5 Å². The number of ether oxygens (including phenoxy) is 2. The summed E-state index contributed by atoms with van der Waals surface area (Å²) in [5.41, 5.74) is 0.188. The molecular formula is C10H13Cl2N3O3. The van der Waals surface area contributed by atoms with Crippen LogP contribution in [0.2, 0.25) is 10.3 Å². The molecule has 1 aromatic heterocycles. The number of carbonyl (C=O) groups excluding carboxylic acids is 1. The minimum Gasteiger partial charge on any atom is -0.382 e. The first kappa shape index (κ1) is 15.1. The maximum absolute atomic E-state index is 11.7. The van der Waals surface area contributed by atoms with Crippen molar-refractivity contribution in [1.29, 1.82) is 0 Å². The molecule has 18 heavy (non-hydrogen) atoms. The highest BCUT2D eigenvalue weighted by atomic mass is 35.5. The fourth-order valence-electron chi connectivity index (χ4n) is 1.09. The van der Waals surface area contributed by atoms with E-state index < -0.39 is 0 Å². The molecule has 0 saturated carbocycles. The fourth-order valence-corrected chi connectivity index (χ4v) is 1.41. The molecule has 0 aromatic carbocycles. The lowest BCUT2D eigenvalue weighted by atomic mass is 10.3. The maximum Gasteiger partial charge on any atom is 0.254 e. The summed E-state index contributed by atoms with van der Waals surface area (Å²) in [7, 11) is 1.59. The van der Waals surface area contributed by atoms with Crippen LogP contribution in [0.1, 0.15) is 10.4 Å². The molecule has 0 fully saturated rings. The number of aromatic nitrogens is 2. The molecule has 1 rings (SSSR count). The predicted octanol–water partition coefficient (Wildman–Crippen LogP) is 1.18. The van der Waals surface area contributed by atoms with E-state index in [9.17, 15) is 4.79 Å². The number of halogens is 2. The highest BCUT2D eigenvalue weighted by Gasteiger charge is 2.12. The van der Waals surface area contributed by atoms with E-state index in [1.807, 2.05) is 0 Å². The molecule has 0 unspecified atom stereocenters. The van der Waals surface area contributed by atoms with E-state index >= 15 is 0 Å². The third kappa shape index (κ3) is 5.14. The van der Waals surface area contributed by atoms with Gasteiger partial charge in [-0.2, -0.15) is 0 Å². The van der Waals surface area contributed by atoms with Gasteiger partial charge in [0.25, 0.3) is 5.91 Å². The van der Waals surface area contributed by atoms with Gasteiger partial charge in [0.2, 0.25) is 0 Å². The summed E-state index contributed by atoms with van der Waals surface area (Å²) in [5.74, 6) is -0.368. The summed E-state index contributed by atoms with van der Waals surface area (Å²) in [4.78, 5) is 11.7. The molecule has 6 nitrogen and oxygen atoms in total. The van der Waals surface area contributed by atoms with Gasteiger partial charge < -0.3 is 14.8 Å². The lowest BCUT2D eigenvalue weighted by Crippen LogP contribution is -2.28. The molecule has 1 N–H and O–H groups in total. The van der Waals surface area contributed by atoms with Crippen molar-refractivity contribution in [3.8, 4) is 0 Å². The van der Waals surface area contributed by atoms with E-state index in [-0.39, 0.29) is 21.8 Å². The molecule has 100 valence electrons. The summed E-state index contributed by atoms with van der Waals surface area (Å²) in [6.45, 7) is 1.75. The lowest BCUT2D eigenvalue weighted by molar-refractivity contribution is 0.0692. The molecule has 0 saturated heterocycles. The summed E-state index contributed by atoms with van der Waals surface area (Å²) < 4.78 is 10.00. The maximum atomic E-state index is 11.7. The summed E-state index contributed by atoms with van der Waals surface area (Å²) in [6, 6.07) is 1.36. The number of hydrogen-bond donors (Lipinski definition) is 1. The second-order valence-corrected chi connectivity index (χ2v) is 3.98. The van der Waals surface area contributed by atoms with E-state index in [4.69, 9.17) is 32.7 Å². The van der Waals surface area contributed by atoms with Gasteiger partial charge in [-0.05, 0) is 6.07 Å². The number of methoxy groups -OCH3 is 1. The fraction of sp³-hybridized carbons (Fsp3) is 0.500. The van der Waals surface area contributed by atoms with Crippen molar-refractivity contribution in [3.63, 3.8) is 0 Å². The number of amides is 1. The van der Waals surface area contributed by atoms with Crippen LogP contribution in [0.4, 0.5) is 0 Å². The Kier molecular flexibility index (Phi) is 6.89. The van der Waals surface area contributed by atoms with Crippen molar-refractivity contribution in [2.75, 3.05) is 33.5 Å². The normalized spacial score (nSPS) is 10.4. The molecule has 0 aliphatic carbocycles. The monoisotopic (exact) mass is 293 g/mol. The van der Waals surface area contributed by atoms with Gasteiger partial charge in [-0.25, -0.2) is 0 Å². The second-order valence-electron chi connectivity index (χ2n) is 3.23. The van der Waals surface area contributed by atoms with Crippen LogP contribution >= 0.6 is 23.2 Å². The molecule has 1 heterocycles. The first-order chi connectivity index (χ1) is 8.65. The first-order valence-electron chi connectivity index (χ1n) is 5.18. The van der Waals surface area contributed by atoms with Crippen LogP contribution in [-0.2, 0) is 9.47 Å². The van der Waals surface area contributed by atoms with Crippen LogP contribution in [0.25, 0.3) is 0 Å². The zero-order valence-electron chi connectivity index (χ0n) is 9.78. The molecule has 1 aromatic rings. The topological polar surface area (TPSA) is 73.3 Å².